The van der Waals surface area contributed by atoms with Crippen LogP contribution in [0.1, 0.15) is 24.8 Å². The molecule has 0 aromatic heterocycles. The van der Waals surface area contributed by atoms with E-state index in [2.05, 4.69) is 17.4 Å². The van der Waals surface area contributed by atoms with Crippen molar-refractivity contribution in [3.8, 4) is 0 Å². The number of carbonyl (C=O) groups is 2. The van der Waals surface area contributed by atoms with E-state index in [1.54, 1.807) is 11.8 Å². The van der Waals surface area contributed by atoms with Gasteiger partial charge in [-0.2, -0.15) is 0 Å². The molecular formula is C16H21N3O2. The summed E-state index contributed by atoms with van der Waals surface area (Å²) in [6, 6.07) is 8.19. The van der Waals surface area contributed by atoms with Crippen LogP contribution in [0.5, 0.6) is 0 Å². The van der Waals surface area contributed by atoms with Gasteiger partial charge in [0.15, 0.2) is 0 Å². The molecule has 1 saturated heterocycles. The standard InChI is InChI=1S/C16H21N3O2/c1-12(20)18-6-8-19(9-7-18)16(21)10-13-11-17-15-5-3-2-4-14(13)15/h2-5,13,17H,6-11H2,1H3. The number of hydrogen-bond acceptors (Lipinski definition) is 3. The lowest BCUT2D eigenvalue weighted by atomic mass is 9.97. The normalized spacial score (nSPS) is 20.9. The zero-order valence-electron chi connectivity index (χ0n) is 12.3. The van der Waals surface area contributed by atoms with E-state index < -0.39 is 0 Å². The molecule has 2 aliphatic rings. The number of anilines is 1. The van der Waals surface area contributed by atoms with E-state index in [4.69, 9.17) is 0 Å². The molecule has 1 atom stereocenters. The Morgan fingerprint density at radius 1 is 1.14 bits per heavy atom. The first kappa shape index (κ1) is 13.9. The molecular weight excluding hydrogens is 266 g/mol. The molecule has 112 valence electrons. The fourth-order valence-electron chi connectivity index (χ4n) is 3.15. The quantitative estimate of drug-likeness (QED) is 0.891. The Labute approximate surface area is 124 Å². The first-order valence-electron chi connectivity index (χ1n) is 7.51. The molecule has 2 amide bonds. The molecule has 0 spiro atoms. The van der Waals surface area contributed by atoms with E-state index in [0.29, 0.717) is 32.6 Å². The molecule has 3 rings (SSSR count). The van der Waals surface area contributed by atoms with Crippen molar-refractivity contribution in [2.75, 3.05) is 38.0 Å². The molecule has 5 nitrogen and oxygen atoms in total. The largest absolute Gasteiger partial charge is 0.384 e. The van der Waals surface area contributed by atoms with Gasteiger partial charge in [0.25, 0.3) is 0 Å². The Kier molecular flexibility index (Phi) is 3.82. The minimum absolute atomic E-state index is 0.0935. The lowest BCUT2D eigenvalue weighted by molar-refractivity contribution is -0.138. The Hall–Kier alpha value is -2.04. The number of amides is 2. The van der Waals surface area contributed by atoms with Gasteiger partial charge in [-0.25, -0.2) is 0 Å². The summed E-state index contributed by atoms with van der Waals surface area (Å²) in [4.78, 5) is 27.4. The minimum atomic E-state index is 0.0935. The summed E-state index contributed by atoms with van der Waals surface area (Å²) in [6.07, 6.45) is 0.546. The van der Waals surface area contributed by atoms with E-state index in [-0.39, 0.29) is 17.7 Å². The second-order valence-electron chi connectivity index (χ2n) is 5.76. The van der Waals surface area contributed by atoms with Crippen LogP contribution in [-0.4, -0.2) is 54.3 Å². The van der Waals surface area contributed by atoms with Gasteiger partial charge in [-0.05, 0) is 11.6 Å². The van der Waals surface area contributed by atoms with Crippen LogP contribution in [0.3, 0.4) is 0 Å². The first-order valence-corrected chi connectivity index (χ1v) is 7.51. The molecule has 0 bridgehead atoms. The van der Waals surface area contributed by atoms with Gasteiger partial charge in [-0.15, -0.1) is 0 Å². The third-order valence-corrected chi connectivity index (χ3v) is 4.44. The summed E-state index contributed by atoms with van der Waals surface area (Å²) in [6.45, 7) is 5.03. The summed E-state index contributed by atoms with van der Waals surface area (Å²) in [5, 5.41) is 3.36. The van der Waals surface area contributed by atoms with Crippen molar-refractivity contribution in [1.82, 2.24) is 9.80 Å². The first-order chi connectivity index (χ1) is 10.1. The fourth-order valence-corrected chi connectivity index (χ4v) is 3.15. The fraction of sp³-hybridized carbons (Fsp3) is 0.500. The highest BCUT2D eigenvalue weighted by Gasteiger charge is 2.28. The van der Waals surface area contributed by atoms with Gasteiger partial charge in [-0.1, -0.05) is 18.2 Å². The maximum atomic E-state index is 12.4. The molecule has 0 aliphatic carbocycles. The van der Waals surface area contributed by atoms with E-state index in [0.717, 1.165) is 12.2 Å². The second kappa shape index (κ2) is 5.76. The third-order valence-electron chi connectivity index (χ3n) is 4.44. The van der Waals surface area contributed by atoms with Gasteiger partial charge >= 0.3 is 0 Å². The minimum Gasteiger partial charge on any atom is -0.384 e. The predicted octanol–water partition coefficient (Wildman–Crippen LogP) is 1.28. The van der Waals surface area contributed by atoms with Crippen LogP contribution in [0.15, 0.2) is 24.3 Å². The maximum Gasteiger partial charge on any atom is 0.223 e. The molecule has 0 saturated carbocycles. The van der Waals surface area contributed by atoms with Crippen molar-refractivity contribution < 1.29 is 9.59 Å². The number of fused-ring (bicyclic) bond motifs is 1. The summed E-state index contributed by atoms with van der Waals surface area (Å²) < 4.78 is 0. The highest BCUT2D eigenvalue weighted by Crippen LogP contribution is 2.33. The predicted molar refractivity (Wildman–Crippen MR) is 81.1 cm³/mol. The topological polar surface area (TPSA) is 52.7 Å². The Bertz CT molecular complexity index is 550. The van der Waals surface area contributed by atoms with Gasteiger partial charge in [0.05, 0.1) is 0 Å². The SMILES string of the molecule is CC(=O)N1CCN(C(=O)CC2CNc3ccccc32)CC1. The number of nitrogens with one attached hydrogen (secondary N) is 1. The molecule has 1 unspecified atom stereocenters. The van der Waals surface area contributed by atoms with Crippen molar-refractivity contribution in [3.05, 3.63) is 29.8 Å². The van der Waals surface area contributed by atoms with E-state index >= 15 is 0 Å². The van der Waals surface area contributed by atoms with Crippen LogP contribution < -0.4 is 5.32 Å². The number of benzene rings is 1. The van der Waals surface area contributed by atoms with Gasteiger partial charge in [0.1, 0.15) is 0 Å². The Morgan fingerprint density at radius 3 is 2.52 bits per heavy atom. The van der Waals surface area contributed by atoms with Crippen LogP contribution in [0, 0.1) is 0 Å². The number of nitrogens with zero attached hydrogens (tertiary/aromatic N) is 2. The molecule has 2 aliphatic heterocycles. The van der Waals surface area contributed by atoms with Crippen LogP contribution in [0.2, 0.25) is 0 Å². The van der Waals surface area contributed by atoms with E-state index in [9.17, 15) is 9.59 Å². The van der Waals surface area contributed by atoms with Crippen molar-refractivity contribution in [1.29, 1.82) is 0 Å². The summed E-state index contributed by atoms with van der Waals surface area (Å²) in [5.41, 5.74) is 2.39. The molecule has 5 heteroatoms. The molecule has 2 heterocycles. The Balaban J connectivity index is 1.57. The number of para-hydroxylation sites is 1. The van der Waals surface area contributed by atoms with Crippen molar-refractivity contribution in [2.45, 2.75) is 19.3 Å². The van der Waals surface area contributed by atoms with Gasteiger partial charge in [0.2, 0.25) is 11.8 Å². The monoisotopic (exact) mass is 287 g/mol. The summed E-state index contributed by atoms with van der Waals surface area (Å²) in [7, 11) is 0. The van der Waals surface area contributed by atoms with Crippen molar-refractivity contribution >= 4 is 17.5 Å². The van der Waals surface area contributed by atoms with E-state index in [1.165, 1.54) is 5.56 Å². The number of rotatable bonds is 2. The molecule has 1 aromatic rings. The van der Waals surface area contributed by atoms with Crippen LogP contribution >= 0.6 is 0 Å². The van der Waals surface area contributed by atoms with Gasteiger partial charge in [0, 0.05) is 57.7 Å². The summed E-state index contributed by atoms with van der Waals surface area (Å²) in [5.74, 6) is 0.553. The molecule has 1 aromatic carbocycles. The van der Waals surface area contributed by atoms with Gasteiger partial charge < -0.3 is 15.1 Å². The van der Waals surface area contributed by atoms with Crippen LogP contribution in [-0.2, 0) is 9.59 Å². The van der Waals surface area contributed by atoms with Crippen LogP contribution in [0.4, 0.5) is 5.69 Å². The zero-order chi connectivity index (χ0) is 14.8. The molecule has 1 N–H and O–H groups in total. The maximum absolute atomic E-state index is 12.4. The average Bonchev–Trinajstić information content (AvgIpc) is 2.91. The van der Waals surface area contributed by atoms with Crippen LogP contribution in [0.25, 0.3) is 0 Å². The highest BCUT2D eigenvalue weighted by atomic mass is 16.2. The number of piperazine rings is 1. The highest BCUT2D eigenvalue weighted by molar-refractivity contribution is 5.79. The van der Waals surface area contributed by atoms with Crippen molar-refractivity contribution in [3.63, 3.8) is 0 Å². The molecule has 0 radical (unpaired) electrons. The average molecular weight is 287 g/mol. The zero-order valence-corrected chi connectivity index (χ0v) is 12.3. The third kappa shape index (κ3) is 2.86. The Morgan fingerprint density at radius 2 is 1.81 bits per heavy atom. The number of carbonyl (C=O) groups excluding carboxylic acids is 2. The lowest BCUT2D eigenvalue weighted by Crippen LogP contribution is -2.50. The van der Waals surface area contributed by atoms with E-state index in [1.807, 2.05) is 17.0 Å². The molecule has 21 heavy (non-hydrogen) atoms. The van der Waals surface area contributed by atoms with Crippen molar-refractivity contribution in [2.24, 2.45) is 0 Å². The number of hydrogen-bond donors (Lipinski definition) is 1. The summed E-state index contributed by atoms with van der Waals surface area (Å²) >= 11 is 0. The second-order valence-corrected chi connectivity index (χ2v) is 5.76. The smallest absolute Gasteiger partial charge is 0.223 e. The molecule has 1 fully saturated rings. The van der Waals surface area contributed by atoms with Gasteiger partial charge in [-0.3, -0.25) is 9.59 Å². The lowest BCUT2D eigenvalue weighted by Gasteiger charge is -2.34.